The second kappa shape index (κ2) is 4.92. The van der Waals surface area contributed by atoms with Crippen LogP contribution in [0.1, 0.15) is 18.4 Å². The predicted octanol–water partition coefficient (Wildman–Crippen LogP) is 1.76. The predicted molar refractivity (Wildman–Crippen MR) is 76.3 cm³/mol. The quantitative estimate of drug-likeness (QED) is 0.872. The van der Waals surface area contributed by atoms with Crippen LogP contribution in [0.2, 0.25) is 0 Å². The van der Waals surface area contributed by atoms with Gasteiger partial charge >= 0.3 is 0 Å². The number of hydrogen-bond acceptors (Lipinski definition) is 3. The van der Waals surface area contributed by atoms with Gasteiger partial charge in [0, 0.05) is 18.0 Å². The van der Waals surface area contributed by atoms with Crippen molar-refractivity contribution in [1.82, 2.24) is 10.3 Å². The third kappa shape index (κ3) is 2.34. The molecule has 2 amide bonds. The molecule has 1 unspecified atom stereocenters. The van der Waals surface area contributed by atoms with Crippen molar-refractivity contribution in [2.45, 2.75) is 25.8 Å². The van der Waals surface area contributed by atoms with Gasteiger partial charge in [0.2, 0.25) is 11.8 Å². The lowest BCUT2D eigenvalue weighted by Gasteiger charge is -2.13. The lowest BCUT2D eigenvalue weighted by molar-refractivity contribution is -0.122. The van der Waals surface area contributed by atoms with Gasteiger partial charge in [0.05, 0.1) is 11.2 Å². The average Bonchev–Trinajstić information content (AvgIpc) is 2.85. The van der Waals surface area contributed by atoms with Gasteiger partial charge in [0.15, 0.2) is 0 Å². The monoisotopic (exact) mass is 269 g/mol. The first-order valence-electron chi connectivity index (χ1n) is 6.59. The molecule has 0 spiro atoms. The Morgan fingerprint density at radius 1 is 1.45 bits per heavy atom. The van der Waals surface area contributed by atoms with E-state index in [1.165, 1.54) is 0 Å². The van der Waals surface area contributed by atoms with Crippen molar-refractivity contribution in [2.75, 3.05) is 5.32 Å². The van der Waals surface area contributed by atoms with Gasteiger partial charge in [-0.2, -0.15) is 0 Å². The van der Waals surface area contributed by atoms with E-state index < -0.39 is 6.04 Å². The molecule has 1 aromatic heterocycles. The molecule has 0 aliphatic carbocycles. The molecule has 1 saturated heterocycles. The highest BCUT2D eigenvalue weighted by molar-refractivity contribution is 6.04. The number of pyridine rings is 1. The van der Waals surface area contributed by atoms with E-state index in [4.69, 9.17) is 0 Å². The molecule has 2 N–H and O–H groups in total. The number of aromatic nitrogens is 1. The van der Waals surface area contributed by atoms with Crippen LogP contribution in [-0.2, 0) is 9.59 Å². The normalized spacial score (nSPS) is 18.1. The van der Waals surface area contributed by atoms with Crippen LogP contribution in [0.4, 0.5) is 5.69 Å². The Hall–Kier alpha value is -2.43. The van der Waals surface area contributed by atoms with E-state index in [0.29, 0.717) is 18.5 Å². The Labute approximate surface area is 116 Å². The molecule has 0 saturated carbocycles. The van der Waals surface area contributed by atoms with Crippen LogP contribution in [0.3, 0.4) is 0 Å². The molecule has 1 aliphatic rings. The highest BCUT2D eigenvalue weighted by atomic mass is 16.2. The molecule has 0 radical (unpaired) electrons. The van der Waals surface area contributed by atoms with Crippen molar-refractivity contribution in [3.63, 3.8) is 0 Å². The lowest BCUT2D eigenvalue weighted by atomic mass is 10.1. The maximum atomic E-state index is 12.2. The standard InChI is InChI=1S/C15H15N3O2/c1-9-7-10-3-2-6-16-14(10)12(8-9)18-15(20)11-4-5-13(19)17-11/h2-3,6-8,11H,4-5H2,1H3,(H,17,19)(H,18,20). The Morgan fingerprint density at radius 3 is 3.05 bits per heavy atom. The van der Waals surface area contributed by atoms with Crippen LogP contribution in [0.25, 0.3) is 10.9 Å². The summed E-state index contributed by atoms with van der Waals surface area (Å²) in [4.78, 5) is 27.6. The molecule has 1 fully saturated rings. The molecule has 1 aromatic carbocycles. The molecule has 5 nitrogen and oxygen atoms in total. The van der Waals surface area contributed by atoms with E-state index in [9.17, 15) is 9.59 Å². The average molecular weight is 269 g/mol. The number of aryl methyl sites for hydroxylation is 1. The molecule has 2 aromatic rings. The van der Waals surface area contributed by atoms with E-state index in [1.54, 1.807) is 6.20 Å². The zero-order valence-electron chi connectivity index (χ0n) is 11.1. The summed E-state index contributed by atoms with van der Waals surface area (Å²) in [6, 6.07) is 7.30. The second-order valence-electron chi connectivity index (χ2n) is 5.04. The third-order valence-corrected chi connectivity index (χ3v) is 3.42. The minimum Gasteiger partial charge on any atom is -0.344 e. The fraction of sp³-hybridized carbons (Fsp3) is 0.267. The number of nitrogens with zero attached hydrogens (tertiary/aromatic N) is 1. The van der Waals surface area contributed by atoms with E-state index in [2.05, 4.69) is 15.6 Å². The van der Waals surface area contributed by atoms with Crippen LogP contribution in [0.15, 0.2) is 30.5 Å². The van der Waals surface area contributed by atoms with Crippen LogP contribution >= 0.6 is 0 Å². The fourth-order valence-electron chi connectivity index (χ4n) is 2.47. The summed E-state index contributed by atoms with van der Waals surface area (Å²) in [6.07, 6.45) is 2.65. The number of carbonyl (C=O) groups excluding carboxylic acids is 2. The molecule has 5 heteroatoms. The summed E-state index contributed by atoms with van der Waals surface area (Å²) in [5.41, 5.74) is 2.50. The second-order valence-corrected chi connectivity index (χ2v) is 5.04. The fourth-order valence-corrected chi connectivity index (χ4v) is 2.47. The SMILES string of the molecule is Cc1cc(NC(=O)C2CCC(=O)N2)c2ncccc2c1. The smallest absolute Gasteiger partial charge is 0.247 e. The number of hydrogen-bond donors (Lipinski definition) is 2. The zero-order chi connectivity index (χ0) is 14.1. The number of rotatable bonds is 2. The van der Waals surface area contributed by atoms with Crippen molar-refractivity contribution in [2.24, 2.45) is 0 Å². The molecule has 102 valence electrons. The van der Waals surface area contributed by atoms with Crippen LogP contribution in [0.5, 0.6) is 0 Å². The van der Waals surface area contributed by atoms with Crippen molar-refractivity contribution in [3.8, 4) is 0 Å². The Kier molecular flexibility index (Phi) is 3.10. The van der Waals surface area contributed by atoms with Gasteiger partial charge in [-0.3, -0.25) is 14.6 Å². The molecule has 0 bridgehead atoms. The summed E-state index contributed by atoms with van der Waals surface area (Å²) in [5, 5.41) is 6.52. The Morgan fingerprint density at radius 2 is 2.30 bits per heavy atom. The van der Waals surface area contributed by atoms with Gasteiger partial charge < -0.3 is 10.6 Å². The summed E-state index contributed by atoms with van der Waals surface area (Å²) in [6.45, 7) is 1.97. The van der Waals surface area contributed by atoms with Gasteiger partial charge in [-0.05, 0) is 37.1 Å². The number of nitrogens with one attached hydrogen (secondary N) is 2. The summed E-state index contributed by atoms with van der Waals surface area (Å²) < 4.78 is 0. The number of carbonyl (C=O) groups is 2. The number of amides is 2. The Balaban J connectivity index is 1.90. The van der Waals surface area contributed by atoms with Gasteiger partial charge in [-0.15, -0.1) is 0 Å². The largest absolute Gasteiger partial charge is 0.344 e. The van der Waals surface area contributed by atoms with Crippen LogP contribution in [-0.4, -0.2) is 22.8 Å². The topological polar surface area (TPSA) is 71.1 Å². The maximum absolute atomic E-state index is 12.2. The van der Waals surface area contributed by atoms with E-state index in [1.807, 2.05) is 31.2 Å². The minimum absolute atomic E-state index is 0.0719. The summed E-state index contributed by atoms with van der Waals surface area (Å²) in [7, 11) is 0. The minimum atomic E-state index is -0.443. The first kappa shape index (κ1) is 12.6. The lowest BCUT2D eigenvalue weighted by Crippen LogP contribution is -2.37. The first-order chi connectivity index (χ1) is 9.63. The molecule has 20 heavy (non-hydrogen) atoms. The van der Waals surface area contributed by atoms with Gasteiger partial charge in [-0.1, -0.05) is 6.07 Å². The van der Waals surface area contributed by atoms with Gasteiger partial charge in [0.1, 0.15) is 6.04 Å². The molecular weight excluding hydrogens is 254 g/mol. The number of benzene rings is 1. The van der Waals surface area contributed by atoms with Crippen molar-refractivity contribution < 1.29 is 9.59 Å². The maximum Gasteiger partial charge on any atom is 0.247 e. The number of anilines is 1. The highest BCUT2D eigenvalue weighted by Gasteiger charge is 2.27. The first-order valence-corrected chi connectivity index (χ1v) is 6.59. The van der Waals surface area contributed by atoms with Crippen molar-refractivity contribution in [3.05, 3.63) is 36.0 Å². The van der Waals surface area contributed by atoms with Gasteiger partial charge in [-0.25, -0.2) is 0 Å². The number of fused-ring (bicyclic) bond motifs is 1. The molecule has 2 heterocycles. The molecule has 3 rings (SSSR count). The van der Waals surface area contributed by atoms with E-state index in [0.717, 1.165) is 16.5 Å². The Bertz CT molecular complexity index is 697. The summed E-state index contributed by atoms with van der Waals surface area (Å²) >= 11 is 0. The molecule has 1 atom stereocenters. The third-order valence-electron chi connectivity index (χ3n) is 3.42. The molecular formula is C15H15N3O2. The zero-order valence-corrected chi connectivity index (χ0v) is 11.1. The summed E-state index contributed by atoms with van der Waals surface area (Å²) in [5.74, 6) is -0.259. The van der Waals surface area contributed by atoms with Crippen molar-refractivity contribution in [1.29, 1.82) is 0 Å². The molecule has 1 aliphatic heterocycles. The highest BCUT2D eigenvalue weighted by Crippen LogP contribution is 2.23. The van der Waals surface area contributed by atoms with Gasteiger partial charge in [0.25, 0.3) is 0 Å². The van der Waals surface area contributed by atoms with E-state index >= 15 is 0 Å². The van der Waals surface area contributed by atoms with E-state index in [-0.39, 0.29) is 11.8 Å². The van der Waals surface area contributed by atoms with Crippen LogP contribution < -0.4 is 10.6 Å². The van der Waals surface area contributed by atoms with Crippen LogP contribution in [0, 0.1) is 6.92 Å². The van der Waals surface area contributed by atoms with Crippen molar-refractivity contribution >= 4 is 28.4 Å².